The first-order valence-corrected chi connectivity index (χ1v) is 12.1. The van der Waals surface area contributed by atoms with Crippen LogP contribution in [-0.4, -0.2) is 20.8 Å². The second-order valence-electron chi connectivity index (χ2n) is 7.88. The Morgan fingerprint density at radius 2 is 1.86 bits per heavy atom. The summed E-state index contributed by atoms with van der Waals surface area (Å²) in [5.74, 6) is -0.864. The lowest BCUT2D eigenvalue weighted by Gasteiger charge is -2.14. The predicted octanol–water partition coefficient (Wildman–Crippen LogP) is 6.43. The first kappa shape index (κ1) is 24.7. The fourth-order valence-corrected chi connectivity index (χ4v) is 4.51. The van der Waals surface area contributed by atoms with E-state index in [-0.39, 0.29) is 12.2 Å². The molecule has 0 aliphatic carbocycles. The van der Waals surface area contributed by atoms with E-state index in [4.69, 9.17) is 11.6 Å². The molecule has 35 heavy (non-hydrogen) atoms. The van der Waals surface area contributed by atoms with Gasteiger partial charge in [-0.1, -0.05) is 59.3 Å². The van der Waals surface area contributed by atoms with Crippen molar-refractivity contribution in [2.24, 2.45) is 0 Å². The van der Waals surface area contributed by atoms with Crippen LogP contribution in [0, 0.1) is 25.5 Å². The zero-order chi connectivity index (χ0) is 24.9. The summed E-state index contributed by atoms with van der Waals surface area (Å²) >= 11 is 7.79. The van der Waals surface area contributed by atoms with Gasteiger partial charge in [-0.3, -0.25) is 4.57 Å². The molecule has 0 saturated carbocycles. The molecule has 0 bridgehead atoms. The van der Waals surface area contributed by atoms with E-state index in [2.05, 4.69) is 33.0 Å². The summed E-state index contributed by atoms with van der Waals surface area (Å²) in [6.45, 7) is 4.04. The molecule has 1 aromatic heterocycles. The quantitative estimate of drug-likeness (QED) is 0.279. The minimum absolute atomic E-state index is 0.0411. The highest BCUT2D eigenvalue weighted by Gasteiger charge is 2.18. The van der Waals surface area contributed by atoms with Gasteiger partial charge in [0.15, 0.2) is 22.6 Å². The Bertz CT molecular complexity index is 1380. The van der Waals surface area contributed by atoms with Crippen molar-refractivity contribution in [2.45, 2.75) is 31.3 Å². The van der Waals surface area contributed by atoms with Crippen molar-refractivity contribution in [3.63, 3.8) is 0 Å². The van der Waals surface area contributed by atoms with E-state index in [0.717, 1.165) is 28.9 Å². The van der Waals surface area contributed by atoms with Crippen molar-refractivity contribution in [2.75, 3.05) is 5.32 Å². The molecular weight excluding hydrogens is 492 g/mol. The van der Waals surface area contributed by atoms with Gasteiger partial charge in [0.2, 0.25) is 0 Å². The van der Waals surface area contributed by atoms with Crippen LogP contribution in [0.3, 0.4) is 0 Å². The van der Waals surface area contributed by atoms with Crippen LogP contribution < -0.4 is 10.6 Å². The molecule has 4 rings (SSSR count). The Morgan fingerprint density at radius 1 is 1.03 bits per heavy atom. The molecule has 0 aliphatic heterocycles. The number of aryl methyl sites for hydroxylation is 2. The highest BCUT2D eigenvalue weighted by molar-refractivity contribution is 7.98. The molecule has 0 aliphatic rings. The molecule has 0 unspecified atom stereocenters. The Morgan fingerprint density at radius 3 is 2.63 bits per heavy atom. The average molecular weight is 514 g/mol. The Hall–Kier alpha value is -3.43. The minimum Gasteiger partial charge on any atom is -0.331 e. The third-order valence-corrected chi connectivity index (χ3v) is 6.38. The highest BCUT2D eigenvalue weighted by atomic mass is 35.5. The monoisotopic (exact) mass is 513 g/mol. The van der Waals surface area contributed by atoms with Crippen molar-refractivity contribution in [1.82, 2.24) is 20.1 Å². The number of aromatic nitrogens is 3. The summed E-state index contributed by atoms with van der Waals surface area (Å²) in [6, 6.07) is 16.3. The normalized spacial score (nSPS) is 10.9. The zero-order valence-corrected chi connectivity index (χ0v) is 20.6. The number of nitrogens with one attached hydrogen (secondary N) is 2. The van der Waals surface area contributed by atoms with Gasteiger partial charge in [-0.25, -0.2) is 13.6 Å². The summed E-state index contributed by atoms with van der Waals surface area (Å²) in [7, 11) is 0. The van der Waals surface area contributed by atoms with Gasteiger partial charge in [0.05, 0.1) is 12.2 Å². The Balaban J connectivity index is 1.55. The van der Waals surface area contributed by atoms with E-state index >= 15 is 0 Å². The van der Waals surface area contributed by atoms with Crippen LogP contribution >= 0.6 is 23.4 Å². The maximum Gasteiger partial charge on any atom is 0.319 e. The molecule has 4 aromatic rings. The molecule has 0 atom stereocenters. The number of hydrogen-bond acceptors (Lipinski definition) is 4. The fraction of sp³-hybridized carbons (Fsp3) is 0.160. The molecule has 0 radical (unpaired) electrons. The molecule has 180 valence electrons. The van der Waals surface area contributed by atoms with Crippen LogP contribution in [0.2, 0.25) is 5.02 Å². The number of anilines is 1. The number of hydrogen-bond donors (Lipinski definition) is 2. The molecule has 2 N–H and O–H groups in total. The van der Waals surface area contributed by atoms with E-state index in [9.17, 15) is 13.6 Å². The maximum absolute atomic E-state index is 13.4. The molecule has 6 nitrogen and oxygen atoms in total. The van der Waals surface area contributed by atoms with Crippen molar-refractivity contribution >= 4 is 35.1 Å². The number of rotatable bonds is 7. The Labute approximate surface area is 210 Å². The minimum atomic E-state index is -1.05. The first-order chi connectivity index (χ1) is 16.8. The van der Waals surface area contributed by atoms with Gasteiger partial charge in [0.25, 0.3) is 0 Å². The van der Waals surface area contributed by atoms with Crippen LogP contribution in [0.25, 0.3) is 5.69 Å². The second kappa shape index (κ2) is 10.9. The van der Waals surface area contributed by atoms with Gasteiger partial charge in [-0.05, 0) is 49.2 Å². The summed E-state index contributed by atoms with van der Waals surface area (Å²) in [4.78, 5) is 12.4. The lowest BCUT2D eigenvalue weighted by molar-refractivity contribution is 0.251. The lowest BCUT2D eigenvalue weighted by atomic mass is 10.2. The van der Waals surface area contributed by atoms with Gasteiger partial charge in [0.1, 0.15) is 0 Å². The number of nitrogens with zero attached hydrogens (tertiary/aromatic N) is 3. The number of amides is 2. The van der Waals surface area contributed by atoms with Crippen LogP contribution in [0.1, 0.15) is 22.5 Å². The van der Waals surface area contributed by atoms with E-state index in [0.29, 0.717) is 21.8 Å². The number of halogens is 3. The fourth-order valence-electron chi connectivity index (χ4n) is 3.43. The third kappa shape index (κ3) is 6.17. The summed E-state index contributed by atoms with van der Waals surface area (Å²) in [5, 5.41) is 15.0. The van der Waals surface area contributed by atoms with E-state index < -0.39 is 17.7 Å². The molecule has 0 fully saturated rings. The van der Waals surface area contributed by atoms with Crippen molar-refractivity contribution < 1.29 is 13.6 Å². The predicted molar refractivity (Wildman–Crippen MR) is 134 cm³/mol. The maximum atomic E-state index is 13.4. The highest BCUT2D eigenvalue weighted by Crippen LogP contribution is 2.28. The standard InChI is InChI=1S/C25H22ClF2N5OS/c1-15-4-3-5-17(10-15)14-35-25-32-31-23(33(25)22-11-18(26)7-6-16(22)2)13-29-24(34)30-19-8-9-20(27)21(28)12-19/h3-12H,13-14H2,1-2H3,(H2,29,30,34). The number of carbonyl (C=O) groups excluding carboxylic acids is 1. The average Bonchev–Trinajstić information content (AvgIpc) is 3.23. The molecule has 1 heterocycles. The molecule has 0 saturated heterocycles. The zero-order valence-electron chi connectivity index (χ0n) is 19.0. The van der Waals surface area contributed by atoms with Crippen molar-refractivity contribution in [1.29, 1.82) is 0 Å². The molecular formula is C25H22ClF2N5OS. The van der Waals surface area contributed by atoms with Crippen molar-refractivity contribution in [3.05, 3.63) is 99.8 Å². The lowest BCUT2D eigenvalue weighted by Crippen LogP contribution is -2.29. The number of carbonyl (C=O) groups is 1. The second-order valence-corrected chi connectivity index (χ2v) is 9.26. The van der Waals surface area contributed by atoms with E-state index in [1.807, 2.05) is 42.7 Å². The van der Waals surface area contributed by atoms with E-state index in [1.54, 1.807) is 6.07 Å². The summed E-state index contributed by atoms with van der Waals surface area (Å²) in [5.41, 5.74) is 4.21. The van der Waals surface area contributed by atoms with Gasteiger partial charge in [-0.2, -0.15) is 0 Å². The van der Waals surface area contributed by atoms with Crippen LogP contribution in [0.5, 0.6) is 0 Å². The van der Waals surface area contributed by atoms with Gasteiger partial charge < -0.3 is 10.6 Å². The number of benzene rings is 3. The molecule has 0 spiro atoms. The third-order valence-electron chi connectivity index (χ3n) is 5.15. The van der Waals surface area contributed by atoms with Crippen LogP contribution in [0.4, 0.5) is 19.3 Å². The molecule has 2 amide bonds. The molecule has 10 heteroatoms. The largest absolute Gasteiger partial charge is 0.331 e. The smallest absolute Gasteiger partial charge is 0.319 e. The number of urea groups is 1. The Kier molecular flexibility index (Phi) is 7.67. The van der Waals surface area contributed by atoms with Crippen LogP contribution in [-0.2, 0) is 12.3 Å². The molecule has 3 aromatic carbocycles. The summed E-state index contributed by atoms with van der Waals surface area (Å²) in [6.07, 6.45) is 0. The van der Waals surface area contributed by atoms with E-state index in [1.165, 1.54) is 23.4 Å². The van der Waals surface area contributed by atoms with Gasteiger partial charge in [-0.15, -0.1) is 10.2 Å². The first-order valence-electron chi connectivity index (χ1n) is 10.7. The topological polar surface area (TPSA) is 71.8 Å². The van der Waals surface area contributed by atoms with Gasteiger partial charge >= 0.3 is 6.03 Å². The number of thioether (sulfide) groups is 1. The summed E-state index contributed by atoms with van der Waals surface area (Å²) < 4.78 is 28.4. The van der Waals surface area contributed by atoms with Gasteiger partial charge in [0, 0.05) is 22.5 Å². The van der Waals surface area contributed by atoms with Crippen LogP contribution in [0.15, 0.2) is 65.8 Å². The SMILES string of the molecule is Cc1cccc(CSc2nnc(CNC(=O)Nc3ccc(F)c(F)c3)n2-c2cc(Cl)ccc2C)c1. The van der Waals surface area contributed by atoms with Crippen molar-refractivity contribution in [3.8, 4) is 5.69 Å².